The Balaban J connectivity index is 0.00000242. The quantitative estimate of drug-likeness (QED) is 0.424. The van der Waals surface area contributed by atoms with E-state index >= 15 is 0 Å². The predicted octanol–water partition coefficient (Wildman–Crippen LogP) is 2.86. The maximum absolute atomic E-state index is 4.34. The second-order valence-corrected chi connectivity index (χ2v) is 7.36. The molecule has 22 heavy (non-hydrogen) atoms. The van der Waals surface area contributed by atoms with Gasteiger partial charge in [-0.05, 0) is 52.4 Å². The van der Waals surface area contributed by atoms with Crippen LogP contribution in [0.3, 0.4) is 0 Å². The van der Waals surface area contributed by atoms with Crippen LogP contribution in [0.15, 0.2) is 17.1 Å². The largest absolute Gasteiger partial charge is 0.355 e. The molecular formula is C16H29IN4S. The molecule has 0 bridgehead atoms. The van der Waals surface area contributed by atoms with Crippen molar-refractivity contribution in [2.45, 2.75) is 45.2 Å². The van der Waals surface area contributed by atoms with E-state index in [-0.39, 0.29) is 24.0 Å². The molecule has 2 rings (SSSR count). The Bertz CT molecular complexity index is 474. The molecule has 2 unspecified atom stereocenters. The number of likely N-dealkylation sites (tertiary alicyclic amines) is 1. The topological polar surface area (TPSA) is 39.7 Å². The average Bonchev–Trinajstić information content (AvgIpc) is 3.03. The van der Waals surface area contributed by atoms with Crippen molar-refractivity contribution >= 4 is 41.3 Å². The molecule has 0 saturated carbocycles. The van der Waals surface area contributed by atoms with E-state index in [1.807, 2.05) is 18.4 Å². The van der Waals surface area contributed by atoms with Crippen molar-refractivity contribution in [1.82, 2.24) is 15.5 Å². The van der Waals surface area contributed by atoms with Crippen LogP contribution >= 0.6 is 35.3 Å². The van der Waals surface area contributed by atoms with Crippen molar-refractivity contribution in [1.29, 1.82) is 0 Å². The fourth-order valence-corrected chi connectivity index (χ4v) is 3.85. The number of aliphatic imine (C=N–C) groups is 1. The van der Waals surface area contributed by atoms with Crippen LogP contribution in [0.5, 0.6) is 0 Å². The zero-order valence-electron chi connectivity index (χ0n) is 14.1. The van der Waals surface area contributed by atoms with Gasteiger partial charge in [-0.15, -0.1) is 35.3 Å². The molecule has 2 atom stereocenters. The van der Waals surface area contributed by atoms with E-state index in [9.17, 15) is 0 Å². The van der Waals surface area contributed by atoms with E-state index in [4.69, 9.17) is 0 Å². The van der Waals surface area contributed by atoms with Crippen molar-refractivity contribution < 1.29 is 0 Å². The Morgan fingerprint density at radius 2 is 2.27 bits per heavy atom. The van der Waals surface area contributed by atoms with Gasteiger partial charge in [-0.1, -0.05) is 0 Å². The van der Waals surface area contributed by atoms with Crippen LogP contribution in [0.4, 0.5) is 0 Å². The van der Waals surface area contributed by atoms with Gasteiger partial charge in [0, 0.05) is 41.9 Å². The third-order valence-electron chi connectivity index (χ3n) is 4.09. The zero-order chi connectivity index (χ0) is 15.2. The predicted molar refractivity (Wildman–Crippen MR) is 108 cm³/mol. The Labute approximate surface area is 155 Å². The van der Waals surface area contributed by atoms with E-state index in [1.165, 1.54) is 29.1 Å². The highest BCUT2D eigenvalue weighted by molar-refractivity contribution is 14.0. The summed E-state index contributed by atoms with van der Waals surface area (Å²) >= 11 is 1.88. The number of guanidine groups is 1. The first-order valence-corrected chi connectivity index (χ1v) is 8.63. The average molecular weight is 436 g/mol. The standard InChI is InChI=1S/C16H28N4S.HI/c1-12(10-15-8-7-13(2)21-15)19-16(17-3)18-11-14-6-5-9-20(14)4;/h7-8,12,14H,5-6,9-11H2,1-4H3,(H2,17,18,19);1H. The van der Waals surface area contributed by atoms with E-state index < -0.39 is 0 Å². The summed E-state index contributed by atoms with van der Waals surface area (Å²) in [7, 11) is 4.05. The Morgan fingerprint density at radius 1 is 1.50 bits per heavy atom. The molecule has 6 heteroatoms. The van der Waals surface area contributed by atoms with Crippen LogP contribution in [-0.4, -0.2) is 50.1 Å². The summed E-state index contributed by atoms with van der Waals surface area (Å²) in [5.74, 6) is 0.913. The molecule has 1 fully saturated rings. The minimum absolute atomic E-state index is 0. The van der Waals surface area contributed by atoms with E-state index in [2.05, 4.69) is 53.6 Å². The van der Waals surface area contributed by atoms with Gasteiger partial charge in [0.05, 0.1) is 0 Å². The highest BCUT2D eigenvalue weighted by Crippen LogP contribution is 2.16. The number of nitrogens with one attached hydrogen (secondary N) is 2. The number of thiophene rings is 1. The smallest absolute Gasteiger partial charge is 0.191 e. The van der Waals surface area contributed by atoms with Gasteiger partial charge in [0.15, 0.2) is 5.96 Å². The third-order valence-corrected chi connectivity index (χ3v) is 5.11. The normalized spacial score (nSPS) is 20.5. The first kappa shape index (κ1) is 19.7. The van der Waals surface area contributed by atoms with Gasteiger partial charge < -0.3 is 15.5 Å². The molecule has 1 aliphatic rings. The summed E-state index contributed by atoms with van der Waals surface area (Å²) in [6.45, 7) is 6.56. The Hall–Kier alpha value is -0.340. The van der Waals surface area contributed by atoms with Crippen LogP contribution < -0.4 is 10.6 Å². The summed E-state index contributed by atoms with van der Waals surface area (Å²) in [4.78, 5) is 9.58. The number of hydrogen-bond acceptors (Lipinski definition) is 3. The first-order valence-electron chi connectivity index (χ1n) is 7.81. The van der Waals surface area contributed by atoms with E-state index in [0.717, 1.165) is 18.9 Å². The van der Waals surface area contributed by atoms with Crippen LogP contribution in [0, 0.1) is 6.92 Å². The number of aryl methyl sites for hydroxylation is 1. The second-order valence-electron chi connectivity index (χ2n) is 5.99. The van der Waals surface area contributed by atoms with Crippen molar-refractivity contribution in [3.63, 3.8) is 0 Å². The number of likely N-dealkylation sites (N-methyl/N-ethyl adjacent to an activating group) is 1. The summed E-state index contributed by atoms with van der Waals surface area (Å²) in [6, 6.07) is 5.44. The SMILES string of the molecule is CN=C(NCC1CCCN1C)NC(C)Cc1ccc(C)s1.I. The minimum atomic E-state index is 0. The minimum Gasteiger partial charge on any atom is -0.355 e. The molecule has 0 spiro atoms. The monoisotopic (exact) mass is 436 g/mol. The maximum Gasteiger partial charge on any atom is 0.191 e. The van der Waals surface area contributed by atoms with Gasteiger partial charge in [0.25, 0.3) is 0 Å². The molecule has 126 valence electrons. The summed E-state index contributed by atoms with van der Waals surface area (Å²) in [6.07, 6.45) is 3.63. The van der Waals surface area contributed by atoms with Crippen molar-refractivity contribution in [3.05, 3.63) is 21.9 Å². The van der Waals surface area contributed by atoms with Crippen LogP contribution in [0.2, 0.25) is 0 Å². The number of nitrogens with zero attached hydrogens (tertiary/aromatic N) is 2. The van der Waals surface area contributed by atoms with E-state index in [1.54, 1.807) is 0 Å². The van der Waals surface area contributed by atoms with Gasteiger partial charge >= 0.3 is 0 Å². The fraction of sp³-hybridized carbons (Fsp3) is 0.688. The number of halogens is 1. The summed E-state index contributed by atoms with van der Waals surface area (Å²) in [5.41, 5.74) is 0. The fourth-order valence-electron chi connectivity index (χ4n) is 2.83. The molecule has 1 aliphatic heterocycles. The van der Waals surface area contributed by atoms with E-state index in [0.29, 0.717) is 12.1 Å². The number of rotatable bonds is 5. The lowest BCUT2D eigenvalue weighted by molar-refractivity contribution is 0.309. The van der Waals surface area contributed by atoms with Gasteiger partial charge in [-0.3, -0.25) is 4.99 Å². The van der Waals surface area contributed by atoms with Gasteiger partial charge in [0.2, 0.25) is 0 Å². The molecule has 1 saturated heterocycles. The Morgan fingerprint density at radius 3 is 2.82 bits per heavy atom. The number of hydrogen-bond donors (Lipinski definition) is 2. The molecule has 0 aromatic carbocycles. The summed E-state index contributed by atoms with van der Waals surface area (Å²) < 4.78 is 0. The van der Waals surface area contributed by atoms with Crippen molar-refractivity contribution in [3.8, 4) is 0 Å². The molecule has 0 radical (unpaired) electrons. The van der Waals surface area contributed by atoms with Crippen molar-refractivity contribution in [2.24, 2.45) is 4.99 Å². The van der Waals surface area contributed by atoms with Crippen molar-refractivity contribution in [2.75, 3.05) is 27.2 Å². The lowest BCUT2D eigenvalue weighted by Crippen LogP contribution is -2.47. The molecule has 4 nitrogen and oxygen atoms in total. The molecule has 2 heterocycles. The molecule has 2 N–H and O–H groups in total. The molecule has 1 aromatic heterocycles. The van der Waals surface area contributed by atoms with Crippen LogP contribution in [-0.2, 0) is 6.42 Å². The lowest BCUT2D eigenvalue weighted by Gasteiger charge is -2.22. The summed E-state index contributed by atoms with van der Waals surface area (Å²) in [5, 5.41) is 6.95. The maximum atomic E-state index is 4.34. The van der Waals surface area contributed by atoms with Crippen LogP contribution in [0.1, 0.15) is 29.5 Å². The van der Waals surface area contributed by atoms with Crippen LogP contribution in [0.25, 0.3) is 0 Å². The zero-order valence-corrected chi connectivity index (χ0v) is 17.2. The van der Waals surface area contributed by atoms with Gasteiger partial charge in [-0.2, -0.15) is 0 Å². The second kappa shape index (κ2) is 9.72. The highest BCUT2D eigenvalue weighted by atomic mass is 127. The van der Waals surface area contributed by atoms with Gasteiger partial charge in [-0.25, -0.2) is 0 Å². The molecule has 1 aromatic rings. The first-order chi connectivity index (χ1) is 10.1. The third kappa shape index (κ3) is 6.04. The van der Waals surface area contributed by atoms with Gasteiger partial charge in [0.1, 0.15) is 0 Å². The molecular weight excluding hydrogens is 407 g/mol. The Kier molecular flexibility index (Phi) is 8.71. The highest BCUT2D eigenvalue weighted by Gasteiger charge is 2.20. The lowest BCUT2D eigenvalue weighted by atomic mass is 10.2. The molecule has 0 amide bonds. The molecule has 0 aliphatic carbocycles.